The van der Waals surface area contributed by atoms with Crippen molar-refractivity contribution in [2.24, 2.45) is 17.1 Å². The predicted octanol–water partition coefficient (Wildman–Crippen LogP) is 7.82. The summed E-state index contributed by atoms with van der Waals surface area (Å²) in [5.74, 6) is 0.874. The van der Waals surface area contributed by atoms with Crippen molar-refractivity contribution in [3.8, 4) is 11.1 Å². The Hall–Kier alpha value is -4.09. The number of nitrogen functional groups attached to an aromatic ring is 1. The van der Waals surface area contributed by atoms with Crippen molar-refractivity contribution < 1.29 is 4.79 Å². The van der Waals surface area contributed by atoms with Crippen molar-refractivity contribution in [3.63, 3.8) is 0 Å². The van der Waals surface area contributed by atoms with Crippen LogP contribution < -0.4 is 16.4 Å². The second-order valence-corrected chi connectivity index (χ2v) is 13.6. The van der Waals surface area contributed by atoms with Crippen LogP contribution in [0, 0.1) is 11.3 Å². The highest BCUT2D eigenvalue weighted by Gasteiger charge is 2.23. The number of nitrogens with zero attached hydrogens (tertiary/aromatic N) is 2. The Morgan fingerprint density at radius 2 is 1.39 bits per heavy atom. The quantitative estimate of drug-likeness (QED) is 0.185. The zero-order valence-electron chi connectivity index (χ0n) is 26.6. The Bertz CT molecular complexity index is 1530. The molecule has 1 amide bonds. The van der Waals surface area contributed by atoms with Crippen LogP contribution in [-0.2, 0) is 30.8 Å². The van der Waals surface area contributed by atoms with Gasteiger partial charge in [-0.1, -0.05) is 99.6 Å². The average molecular weight is 589 g/mol. The number of piperidine rings is 1. The summed E-state index contributed by atoms with van der Waals surface area (Å²) in [5, 5.41) is 0. The molecule has 0 aromatic heterocycles. The molecule has 5 heteroatoms. The molecular weight excluding hydrogens is 540 g/mol. The van der Waals surface area contributed by atoms with E-state index >= 15 is 0 Å². The van der Waals surface area contributed by atoms with Gasteiger partial charge in [0.2, 0.25) is 5.91 Å². The number of hydrogen-bond donors (Lipinski definition) is 2. The summed E-state index contributed by atoms with van der Waals surface area (Å²) in [6.07, 6.45) is 4.00. The lowest BCUT2D eigenvalue weighted by Crippen LogP contribution is -2.34. The summed E-state index contributed by atoms with van der Waals surface area (Å²) in [5.41, 5.74) is 21.3. The zero-order chi connectivity index (χ0) is 31.1. The molecule has 5 rings (SSSR count). The molecule has 230 valence electrons. The summed E-state index contributed by atoms with van der Waals surface area (Å²) in [6, 6.07) is 34.0. The van der Waals surface area contributed by atoms with Gasteiger partial charge in [-0.25, -0.2) is 0 Å². The molecule has 0 atom stereocenters. The topological polar surface area (TPSA) is 75.6 Å². The van der Waals surface area contributed by atoms with Crippen LogP contribution in [0.5, 0.6) is 0 Å². The second kappa shape index (κ2) is 14.1. The molecule has 1 aliphatic rings. The van der Waals surface area contributed by atoms with Crippen molar-refractivity contribution in [1.82, 2.24) is 4.90 Å². The highest BCUT2D eigenvalue weighted by Crippen LogP contribution is 2.33. The summed E-state index contributed by atoms with van der Waals surface area (Å²) in [4.78, 5) is 17.9. The molecule has 4 aromatic carbocycles. The first-order chi connectivity index (χ1) is 21.2. The number of carbonyl (C=O) groups is 1. The van der Waals surface area contributed by atoms with Crippen molar-refractivity contribution in [3.05, 3.63) is 119 Å². The molecular formula is C39H48N4O. The second-order valence-electron chi connectivity index (χ2n) is 13.6. The van der Waals surface area contributed by atoms with Gasteiger partial charge in [-0.3, -0.25) is 4.79 Å². The third-order valence-corrected chi connectivity index (χ3v) is 8.62. The lowest BCUT2D eigenvalue weighted by atomic mass is 9.90. The molecule has 0 radical (unpaired) electrons. The number of carbonyl (C=O) groups excluding carboxylic acids is 1. The highest BCUT2D eigenvalue weighted by molar-refractivity contribution is 5.78. The number of anilines is 2. The maximum atomic E-state index is 13.5. The lowest BCUT2D eigenvalue weighted by Gasteiger charge is -2.34. The van der Waals surface area contributed by atoms with E-state index in [2.05, 4.69) is 111 Å². The first-order valence-electron chi connectivity index (χ1n) is 16.0. The molecule has 4 aromatic rings. The monoisotopic (exact) mass is 588 g/mol. The highest BCUT2D eigenvalue weighted by atomic mass is 16.2. The maximum absolute atomic E-state index is 13.5. The van der Waals surface area contributed by atoms with E-state index in [-0.39, 0.29) is 11.3 Å². The van der Waals surface area contributed by atoms with Gasteiger partial charge in [-0.2, -0.15) is 0 Å². The summed E-state index contributed by atoms with van der Waals surface area (Å²) >= 11 is 0. The van der Waals surface area contributed by atoms with E-state index in [1.54, 1.807) is 0 Å². The largest absolute Gasteiger partial charge is 0.397 e. The van der Waals surface area contributed by atoms with Crippen molar-refractivity contribution >= 4 is 17.3 Å². The molecule has 0 saturated carbocycles. The van der Waals surface area contributed by atoms with Gasteiger partial charge in [-0.15, -0.1) is 0 Å². The van der Waals surface area contributed by atoms with Gasteiger partial charge in [-0.05, 0) is 82.2 Å². The van der Waals surface area contributed by atoms with Crippen LogP contribution in [0.3, 0.4) is 0 Å². The fourth-order valence-corrected chi connectivity index (χ4v) is 6.29. The van der Waals surface area contributed by atoms with Gasteiger partial charge in [0.15, 0.2) is 0 Å². The Balaban J connectivity index is 1.28. The molecule has 44 heavy (non-hydrogen) atoms. The van der Waals surface area contributed by atoms with Gasteiger partial charge in [0, 0.05) is 39.1 Å². The normalized spacial score (nSPS) is 14.0. The molecule has 0 spiro atoms. The van der Waals surface area contributed by atoms with Gasteiger partial charge in [0.25, 0.3) is 0 Å². The minimum atomic E-state index is -0.0906. The molecule has 0 unspecified atom stereocenters. The molecule has 4 N–H and O–H groups in total. The fraction of sp³-hybridized carbons (Fsp3) is 0.359. The number of nitrogens with two attached hydrogens (primary N) is 2. The van der Waals surface area contributed by atoms with Crippen molar-refractivity contribution in [2.45, 2.75) is 66.1 Å². The number of amides is 1. The first kappa shape index (κ1) is 31.3. The van der Waals surface area contributed by atoms with Crippen LogP contribution in [-0.4, -0.2) is 23.9 Å². The molecule has 5 nitrogen and oxygen atoms in total. The predicted molar refractivity (Wildman–Crippen MR) is 184 cm³/mol. The minimum absolute atomic E-state index is 0.0906. The number of hydrogen-bond acceptors (Lipinski definition) is 4. The Morgan fingerprint density at radius 3 is 2.05 bits per heavy atom. The molecule has 1 heterocycles. The molecule has 1 aliphatic heterocycles. The first-order valence-corrected chi connectivity index (χ1v) is 16.0. The summed E-state index contributed by atoms with van der Waals surface area (Å²) in [7, 11) is 0. The van der Waals surface area contributed by atoms with Crippen LogP contribution in [0.4, 0.5) is 11.4 Å². The van der Waals surface area contributed by atoms with Crippen molar-refractivity contribution in [1.29, 1.82) is 0 Å². The van der Waals surface area contributed by atoms with Crippen LogP contribution >= 0.6 is 0 Å². The van der Waals surface area contributed by atoms with E-state index in [0.717, 1.165) is 64.6 Å². The van der Waals surface area contributed by atoms with Gasteiger partial charge < -0.3 is 21.3 Å². The molecule has 0 aliphatic carbocycles. The van der Waals surface area contributed by atoms with E-state index in [0.29, 0.717) is 26.1 Å². The summed E-state index contributed by atoms with van der Waals surface area (Å²) in [6.45, 7) is 9.98. The van der Waals surface area contributed by atoms with E-state index in [4.69, 9.17) is 11.5 Å². The number of benzene rings is 4. The SMILES string of the molecule is CC(C)(C)CC(=O)N(Cc1cccc(CN)c1)Cc1cccc(-c2ccc(N3CCC(Cc4ccccc4)CC3)c(N)c2)c1. The minimum Gasteiger partial charge on any atom is -0.397 e. The van der Waals surface area contributed by atoms with Gasteiger partial charge >= 0.3 is 0 Å². The van der Waals surface area contributed by atoms with Crippen molar-refractivity contribution in [2.75, 3.05) is 23.7 Å². The lowest BCUT2D eigenvalue weighted by molar-refractivity contribution is -0.134. The molecule has 1 fully saturated rings. The summed E-state index contributed by atoms with van der Waals surface area (Å²) < 4.78 is 0. The Labute approximate surface area is 263 Å². The van der Waals surface area contributed by atoms with Crippen LogP contribution in [0.25, 0.3) is 11.1 Å². The average Bonchev–Trinajstić information content (AvgIpc) is 3.01. The Kier molecular flexibility index (Phi) is 10.1. The fourth-order valence-electron chi connectivity index (χ4n) is 6.29. The molecule has 0 bridgehead atoms. The van der Waals surface area contributed by atoms with E-state index in [1.165, 1.54) is 18.4 Å². The smallest absolute Gasteiger partial charge is 0.223 e. The van der Waals surface area contributed by atoms with E-state index in [1.807, 2.05) is 17.0 Å². The third kappa shape index (κ3) is 8.51. The Morgan fingerprint density at radius 1 is 0.773 bits per heavy atom. The van der Waals surface area contributed by atoms with Gasteiger partial charge in [0.1, 0.15) is 0 Å². The molecule has 1 saturated heterocycles. The van der Waals surface area contributed by atoms with Gasteiger partial charge in [0.05, 0.1) is 11.4 Å². The van der Waals surface area contributed by atoms with Crippen LogP contribution in [0.1, 0.15) is 62.3 Å². The van der Waals surface area contributed by atoms with Crippen LogP contribution in [0.2, 0.25) is 0 Å². The van der Waals surface area contributed by atoms with E-state index in [9.17, 15) is 4.79 Å². The standard InChI is InChI=1S/C39H48N4O/c1-39(2,3)25-38(44)43(27-32-12-7-11-31(22-32)26-40)28-33-13-8-14-34(23-33)35-15-16-37(36(41)24-35)42-19-17-30(18-20-42)21-29-9-5-4-6-10-29/h4-16,22-24,30H,17-21,25-28,40-41H2,1-3H3. The van der Waals surface area contributed by atoms with E-state index < -0.39 is 0 Å². The zero-order valence-corrected chi connectivity index (χ0v) is 26.6. The van der Waals surface area contributed by atoms with Crippen LogP contribution in [0.15, 0.2) is 97.1 Å². The third-order valence-electron chi connectivity index (χ3n) is 8.62. The maximum Gasteiger partial charge on any atom is 0.223 e. The number of rotatable bonds is 10.